The van der Waals surface area contributed by atoms with Crippen LogP contribution >= 0.6 is 0 Å². The number of nitrogens with one attached hydrogen (secondary N) is 2. The van der Waals surface area contributed by atoms with Crippen molar-refractivity contribution in [2.45, 2.75) is 19.0 Å². The third-order valence-electron chi connectivity index (χ3n) is 2.98. The molecular formula is C13H18F2N2O. The predicted molar refractivity (Wildman–Crippen MR) is 65.3 cm³/mol. The van der Waals surface area contributed by atoms with Crippen LogP contribution in [0.3, 0.4) is 0 Å². The van der Waals surface area contributed by atoms with Crippen LogP contribution in [-0.4, -0.2) is 32.3 Å². The number of rotatable bonds is 5. The second-order valence-corrected chi connectivity index (χ2v) is 4.44. The summed E-state index contributed by atoms with van der Waals surface area (Å²) < 4.78 is 31.0. The average molecular weight is 256 g/mol. The van der Waals surface area contributed by atoms with Crippen molar-refractivity contribution in [2.75, 3.05) is 26.3 Å². The molecule has 1 aromatic carbocycles. The molecule has 0 aromatic heterocycles. The topological polar surface area (TPSA) is 33.3 Å². The summed E-state index contributed by atoms with van der Waals surface area (Å²) in [5.41, 5.74) is 0.752. The first kappa shape index (κ1) is 13.4. The lowest BCUT2D eigenvalue weighted by molar-refractivity contribution is 0.0742. The minimum Gasteiger partial charge on any atom is -0.379 e. The van der Waals surface area contributed by atoms with Gasteiger partial charge in [0.15, 0.2) is 11.6 Å². The molecule has 0 saturated carbocycles. The Balaban J connectivity index is 1.66. The zero-order valence-corrected chi connectivity index (χ0v) is 10.2. The van der Waals surface area contributed by atoms with Crippen molar-refractivity contribution >= 4 is 0 Å². The van der Waals surface area contributed by atoms with Crippen molar-refractivity contribution in [2.24, 2.45) is 0 Å². The largest absolute Gasteiger partial charge is 0.379 e. The molecule has 0 radical (unpaired) electrons. The second kappa shape index (κ2) is 6.78. The summed E-state index contributed by atoms with van der Waals surface area (Å²) >= 11 is 0. The smallest absolute Gasteiger partial charge is 0.159 e. The van der Waals surface area contributed by atoms with Crippen molar-refractivity contribution < 1.29 is 13.5 Å². The Labute approximate surface area is 106 Å². The van der Waals surface area contributed by atoms with Crippen LogP contribution in [0, 0.1) is 11.6 Å². The lowest BCUT2D eigenvalue weighted by atomic mass is 10.2. The Morgan fingerprint density at radius 3 is 2.94 bits per heavy atom. The quantitative estimate of drug-likeness (QED) is 0.782. The molecule has 1 aromatic rings. The van der Waals surface area contributed by atoms with Gasteiger partial charge in [-0.2, -0.15) is 0 Å². The van der Waals surface area contributed by atoms with E-state index in [9.17, 15) is 8.78 Å². The highest BCUT2D eigenvalue weighted by molar-refractivity contribution is 5.17. The molecule has 0 amide bonds. The van der Waals surface area contributed by atoms with Gasteiger partial charge < -0.3 is 15.4 Å². The number of ether oxygens (including phenoxy) is 1. The van der Waals surface area contributed by atoms with E-state index in [1.165, 1.54) is 6.07 Å². The molecule has 18 heavy (non-hydrogen) atoms. The lowest BCUT2D eigenvalue weighted by Gasteiger charge is -2.23. The highest BCUT2D eigenvalue weighted by Crippen LogP contribution is 2.08. The van der Waals surface area contributed by atoms with Crippen LogP contribution in [0.25, 0.3) is 0 Å². The monoisotopic (exact) mass is 256 g/mol. The van der Waals surface area contributed by atoms with Gasteiger partial charge in [-0.15, -0.1) is 0 Å². The maximum absolute atomic E-state index is 12.9. The Morgan fingerprint density at radius 2 is 2.22 bits per heavy atom. The van der Waals surface area contributed by atoms with Crippen LogP contribution in [0.1, 0.15) is 12.0 Å². The van der Waals surface area contributed by atoms with Gasteiger partial charge in [0.1, 0.15) is 0 Å². The van der Waals surface area contributed by atoms with Crippen LogP contribution in [0.4, 0.5) is 8.78 Å². The van der Waals surface area contributed by atoms with Crippen LogP contribution < -0.4 is 10.6 Å². The fraction of sp³-hybridized carbons (Fsp3) is 0.538. The summed E-state index contributed by atoms with van der Waals surface area (Å²) in [6.45, 7) is 3.78. The number of hydrogen-bond donors (Lipinski definition) is 2. The van der Waals surface area contributed by atoms with E-state index in [4.69, 9.17) is 4.74 Å². The first-order chi connectivity index (χ1) is 8.75. The van der Waals surface area contributed by atoms with Crippen LogP contribution in [0.5, 0.6) is 0 Å². The summed E-state index contributed by atoms with van der Waals surface area (Å²) in [7, 11) is 0. The SMILES string of the molecule is Fc1ccc(CNCCC2COCCN2)cc1F. The fourth-order valence-electron chi connectivity index (χ4n) is 1.96. The summed E-state index contributed by atoms with van der Waals surface area (Å²) in [5.74, 6) is -1.60. The standard InChI is InChI=1S/C13H18F2N2O/c14-12-2-1-10(7-13(12)15)8-16-4-3-11-9-18-6-5-17-11/h1-2,7,11,16-17H,3-6,8-9H2. The molecule has 1 heterocycles. The maximum Gasteiger partial charge on any atom is 0.159 e. The minimum atomic E-state index is -0.803. The van der Waals surface area contributed by atoms with Crippen molar-refractivity contribution in [3.8, 4) is 0 Å². The third-order valence-corrected chi connectivity index (χ3v) is 2.98. The van der Waals surface area contributed by atoms with E-state index < -0.39 is 11.6 Å². The molecule has 1 saturated heterocycles. The molecule has 0 bridgehead atoms. The van der Waals surface area contributed by atoms with Crippen LogP contribution in [0.2, 0.25) is 0 Å². The van der Waals surface area contributed by atoms with Gasteiger partial charge in [-0.05, 0) is 30.7 Å². The van der Waals surface area contributed by atoms with Gasteiger partial charge in [0.25, 0.3) is 0 Å². The second-order valence-electron chi connectivity index (χ2n) is 4.44. The summed E-state index contributed by atoms with van der Waals surface area (Å²) in [6.07, 6.45) is 0.962. The van der Waals surface area contributed by atoms with E-state index >= 15 is 0 Å². The number of halogens is 2. The van der Waals surface area contributed by atoms with Crippen molar-refractivity contribution in [1.82, 2.24) is 10.6 Å². The molecule has 5 heteroatoms. The molecule has 2 rings (SSSR count). The summed E-state index contributed by atoms with van der Waals surface area (Å²) in [5, 5.41) is 6.57. The van der Waals surface area contributed by atoms with Crippen LogP contribution in [-0.2, 0) is 11.3 Å². The first-order valence-corrected chi connectivity index (χ1v) is 6.21. The molecule has 2 N–H and O–H groups in total. The molecule has 0 aliphatic carbocycles. The zero-order chi connectivity index (χ0) is 12.8. The Hall–Kier alpha value is -1.04. The number of benzene rings is 1. The van der Waals surface area contributed by atoms with Gasteiger partial charge >= 0.3 is 0 Å². The highest BCUT2D eigenvalue weighted by Gasteiger charge is 2.11. The lowest BCUT2D eigenvalue weighted by Crippen LogP contribution is -2.42. The van der Waals surface area contributed by atoms with E-state index in [1.807, 2.05) is 0 Å². The summed E-state index contributed by atoms with van der Waals surface area (Å²) in [4.78, 5) is 0. The van der Waals surface area contributed by atoms with Gasteiger partial charge in [0, 0.05) is 19.1 Å². The van der Waals surface area contributed by atoms with Crippen molar-refractivity contribution in [3.05, 3.63) is 35.4 Å². The Kier molecular flexibility index (Phi) is 5.04. The van der Waals surface area contributed by atoms with E-state index in [-0.39, 0.29) is 0 Å². The molecule has 1 aliphatic rings. The molecule has 0 spiro atoms. The van der Waals surface area contributed by atoms with Crippen LogP contribution in [0.15, 0.2) is 18.2 Å². The predicted octanol–water partition coefficient (Wildman–Crippen LogP) is 1.43. The normalized spacial score (nSPS) is 20.0. The number of morpholine rings is 1. The van der Waals surface area contributed by atoms with Crippen molar-refractivity contribution in [3.63, 3.8) is 0 Å². The van der Waals surface area contributed by atoms with Gasteiger partial charge in [0.05, 0.1) is 13.2 Å². The van der Waals surface area contributed by atoms with Gasteiger partial charge in [-0.3, -0.25) is 0 Å². The zero-order valence-electron chi connectivity index (χ0n) is 10.2. The highest BCUT2D eigenvalue weighted by atomic mass is 19.2. The fourth-order valence-corrected chi connectivity index (χ4v) is 1.96. The van der Waals surface area contributed by atoms with Gasteiger partial charge in [-0.25, -0.2) is 8.78 Å². The van der Waals surface area contributed by atoms with Crippen molar-refractivity contribution in [1.29, 1.82) is 0 Å². The molecule has 1 fully saturated rings. The van der Waals surface area contributed by atoms with E-state index in [1.54, 1.807) is 6.07 Å². The van der Waals surface area contributed by atoms with E-state index in [0.717, 1.165) is 44.4 Å². The van der Waals surface area contributed by atoms with E-state index in [2.05, 4.69) is 10.6 Å². The molecule has 1 atom stereocenters. The van der Waals surface area contributed by atoms with Gasteiger partial charge in [-0.1, -0.05) is 6.07 Å². The molecule has 3 nitrogen and oxygen atoms in total. The summed E-state index contributed by atoms with van der Waals surface area (Å²) in [6, 6.07) is 4.36. The minimum absolute atomic E-state index is 0.385. The molecule has 100 valence electrons. The Bertz CT molecular complexity index is 381. The molecular weight excluding hydrogens is 238 g/mol. The maximum atomic E-state index is 12.9. The van der Waals surface area contributed by atoms with Gasteiger partial charge in [0.2, 0.25) is 0 Å². The molecule has 1 aliphatic heterocycles. The first-order valence-electron chi connectivity index (χ1n) is 6.21. The average Bonchev–Trinajstić information content (AvgIpc) is 2.40. The number of hydrogen-bond acceptors (Lipinski definition) is 3. The Morgan fingerprint density at radius 1 is 1.33 bits per heavy atom. The third kappa shape index (κ3) is 4.01. The molecule has 1 unspecified atom stereocenters. The van der Waals surface area contributed by atoms with E-state index in [0.29, 0.717) is 12.6 Å².